The quantitative estimate of drug-likeness (QED) is 0.732. The first kappa shape index (κ1) is 10.7. The van der Waals surface area contributed by atoms with E-state index in [1.807, 2.05) is 0 Å². The summed E-state index contributed by atoms with van der Waals surface area (Å²) >= 11 is 0. The van der Waals surface area contributed by atoms with Gasteiger partial charge in [-0.3, -0.25) is 0 Å². The van der Waals surface area contributed by atoms with Gasteiger partial charge in [-0.2, -0.15) is 0 Å². The van der Waals surface area contributed by atoms with Gasteiger partial charge >= 0.3 is 0 Å². The van der Waals surface area contributed by atoms with Gasteiger partial charge in [-0.1, -0.05) is 13.3 Å². The lowest BCUT2D eigenvalue weighted by molar-refractivity contribution is -0.176. The Kier molecular flexibility index (Phi) is 2.17. The third-order valence-corrected chi connectivity index (χ3v) is 4.88. The fourth-order valence-corrected chi connectivity index (χ4v) is 4.04. The van der Waals surface area contributed by atoms with Crippen LogP contribution in [0, 0.1) is 0 Å². The Morgan fingerprint density at radius 3 is 3.00 bits per heavy atom. The highest BCUT2D eigenvalue weighted by molar-refractivity contribution is 5.20. The lowest BCUT2D eigenvalue weighted by Gasteiger charge is -2.42. The monoisotopic (exact) mass is 240 g/mol. The van der Waals surface area contributed by atoms with Crippen molar-refractivity contribution in [1.82, 2.24) is 0 Å². The van der Waals surface area contributed by atoms with E-state index in [0.717, 1.165) is 32.1 Å². The minimum Gasteiger partial charge on any atom is -0.388 e. The van der Waals surface area contributed by atoms with Crippen molar-refractivity contribution < 1.29 is 19.3 Å². The summed E-state index contributed by atoms with van der Waals surface area (Å²) in [5, 5.41) is 10.0. The summed E-state index contributed by atoms with van der Waals surface area (Å²) in [6.45, 7) is 2.20. The predicted octanol–water partition coefficient (Wildman–Crippen LogP) is 1.00. The van der Waals surface area contributed by atoms with Gasteiger partial charge in [0.05, 0.1) is 18.3 Å². The first-order chi connectivity index (χ1) is 8.24. The molecule has 2 unspecified atom stereocenters. The molecule has 0 aromatic carbocycles. The molecule has 0 radical (unpaired) electrons. The topological polar surface area (TPSA) is 51.2 Å². The van der Waals surface area contributed by atoms with Crippen molar-refractivity contribution in [3.05, 3.63) is 0 Å². The Morgan fingerprint density at radius 1 is 1.29 bits per heavy atom. The summed E-state index contributed by atoms with van der Waals surface area (Å²) in [6, 6.07) is 0. The normalized spacial score (nSPS) is 59.6. The Balaban J connectivity index is 1.61. The van der Waals surface area contributed by atoms with Crippen LogP contribution in [0.5, 0.6) is 0 Å². The smallest absolute Gasteiger partial charge is 0.126 e. The number of ether oxygens (including phenoxy) is 3. The van der Waals surface area contributed by atoms with Gasteiger partial charge < -0.3 is 19.3 Å². The highest BCUT2D eigenvalue weighted by atomic mass is 16.7. The van der Waals surface area contributed by atoms with E-state index in [1.165, 1.54) is 0 Å². The van der Waals surface area contributed by atoms with Crippen LogP contribution in [0.2, 0.25) is 0 Å². The number of rotatable bonds is 2. The second-order valence-corrected chi connectivity index (χ2v) is 5.94. The number of aliphatic hydroxyl groups excluding tert-OH is 1. The second-order valence-electron chi connectivity index (χ2n) is 5.94. The molecular formula is C13H20O4. The fourth-order valence-electron chi connectivity index (χ4n) is 4.04. The molecule has 17 heavy (non-hydrogen) atoms. The molecule has 7 atom stereocenters. The summed E-state index contributed by atoms with van der Waals surface area (Å²) in [6.07, 6.45) is 5.30. The van der Waals surface area contributed by atoms with Crippen LogP contribution in [-0.4, -0.2) is 47.3 Å². The van der Waals surface area contributed by atoms with Crippen molar-refractivity contribution in [2.45, 2.75) is 81.3 Å². The average molecular weight is 240 g/mol. The summed E-state index contributed by atoms with van der Waals surface area (Å²) in [5.74, 6) is 0. The van der Waals surface area contributed by atoms with Gasteiger partial charge in [0.1, 0.15) is 23.9 Å². The first-order valence-corrected chi connectivity index (χ1v) is 6.91. The van der Waals surface area contributed by atoms with Gasteiger partial charge in [-0.15, -0.1) is 0 Å². The van der Waals surface area contributed by atoms with Gasteiger partial charge in [-0.05, 0) is 19.3 Å². The molecule has 0 aromatic heterocycles. The zero-order chi connectivity index (χ0) is 11.6. The molecule has 0 amide bonds. The highest BCUT2D eigenvalue weighted by Gasteiger charge is 2.72. The Bertz CT molecular complexity index is 333. The molecule has 4 fully saturated rings. The van der Waals surface area contributed by atoms with Gasteiger partial charge in [-0.25, -0.2) is 0 Å². The predicted molar refractivity (Wildman–Crippen MR) is 59.7 cm³/mol. The van der Waals surface area contributed by atoms with Crippen molar-refractivity contribution in [3.63, 3.8) is 0 Å². The van der Waals surface area contributed by atoms with E-state index in [1.54, 1.807) is 0 Å². The van der Waals surface area contributed by atoms with E-state index in [4.69, 9.17) is 14.2 Å². The third kappa shape index (κ3) is 1.33. The lowest BCUT2D eigenvalue weighted by atomic mass is 9.77. The molecule has 2 bridgehead atoms. The molecule has 1 N–H and O–H groups in total. The molecule has 4 heteroatoms. The molecule has 3 aliphatic heterocycles. The molecule has 0 aromatic rings. The molecule has 4 nitrogen and oxygen atoms in total. The Morgan fingerprint density at radius 2 is 2.18 bits per heavy atom. The van der Waals surface area contributed by atoms with Crippen molar-refractivity contribution >= 4 is 0 Å². The number of aliphatic hydroxyl groups is 1. The van der Waals surface area contributed by atoms with E-state index in [2.05, 4.69) is 6.92 Å². The van der Waals surface area contributed by atoms with Crippen LogP contribution >= 0.6 is 0 Å². The number of fused-ring (bicyclic) bond motifs is 2. The maximum Gasteiger partial charge on any atom is 0.126 e. The standard InChI is InChI=1S/C13H20O4/c1-2-3-7-4-5-9-13(17-7)6-8(15-9)10(14)11-12(13)16-11/h7-12,14H,2-6H2,1H3/t7-,8+,9-,10?,11?,12-,13-/m0/s1. The molecule has 1 aliphatic carbocycles. The van der Waals surface area contributed by atoms with E-state index in [0.29, 0.717) is 6.10 Å². The number of epoxide rings is 1. The van der Waals surface area contributed by atoms with E-state index in [-0.39, 0.29) is 30.0 Å². The fraction of sp³-hybridized carbons (Fsp3) is 1.00. The number of hydrogen-bond donors (Lipinski definition) is 1. The van der Waals surface area contributed by atoms with Crippen LogP contribution < -0.4 is 0 Å². The molecule has 3 heterocycles. The van der Waals surface area contributed by atoms with E-state index >= 15 is 0 Å². The van der Waals surface area contributed by atoms with Crippen LogP contribution in [0.4, 0.5) is 0 Å². The summed E-state index contributed by atoms with van der Waals surface area (Å²) in [5.41, 5.74) is -0.230. The van der Waals surface area contributed by atoms with Gasteiger partial charge in [0, 0.05) is 6.42 Å². The van der Waals surface area contributed by atoms with Crippen LogP contribution in [0.15, 0.2) is 0 Å². The maximum absolute atomic E-state index is 10.0. The first-order valence-electron chi connectivity index (χ1n) is 6.91. The van der Waals surface area contributed by atoms with Gasteiger partial charge in [0.15, 0.2) is 0 Å². The molecule has 1 spiro atoms. The van der Waals surface area contributed by atoms with Gasteiger partial charge in [0.25, 0.3) is 0 Å². The molecular weight excluding hydrogens is 220 g/mol. The Labute approximate surface area is 101 Å². The minimum absolute atomic E-state index is 0.0286. The van der Waals surface area contributed by atoms with Crippen LogP contribution in [0.25, 0.3) is 0 Å². The van der Waals surface area contributed by atoms with E-state index < -0.39 is 6.10 Å². The average Bonchev–Trinajstić information content (AvgIpc) is 3.04. The van der Waals surface area contributed by atoms with Crippen LogP contribution in [0.1, 0.15) is 39.0 Å². The molecule has 3 saturated heterocycles. The third-order valence-electron chi connectivity index (χ3n) is 4.88. The SMILES string of the molecule is CCC[C@H]1CC[C@@H]2O[C@@H]3C[C@@]2(O1)[C@H]1OC1C3O. The molecule has 4 rings (SSSR count). The van der Waals surface area contributed by atoms with Crippen molar-refractivity contribution in [2.75, 3.05) is 0 Å². The second kappa shape index (κ2) is 3.44. The van der Waals surface area contributed by atoms with Gasteiger partial charge in [0.2, 0.25) is 0 Å². The Hall–Kier alpha value is -0.160. The van der Waals surface area contributed by atoms with Crippen molar-refractivity contribution in [1.29, 1.82) is 0 Å². The van der Waals surface area contributed by atoms with E-state index in [9.17, 15) is 5.11 Å². The summed E-state index contributed by atoms with van der Waals surface area (Å²) in [4.78, 5) is 0. The molecule has 96 valence electrons. The van der Waals surface area contributed by atoms with Crippen LogP contribution in [0.3, 0.4) is 0 Å². The van der Waals surface area contributed by atoms with Crippen LogP contribution in [-0.2, 0) is 14.2 Å². The zero-order valence-corrected chi connectivity index (χ0v) is 10.2. The van der Waals surface area contributed by atoms with Crippen molar-refractivity contribution in [2.24, 2.45) is 0 Å². The minimum atomic E-state index is -0.440. The maximum atomic E-state index is 10.0. The zero-order valence-electron chi connectivity index (χ0n) is 10.2. The lowest BCUT2D eigenvalue weighted by Crippen LogP contribution is -2.55. The summed E-state index contributed by atoms with van der Waals surface area (Å²) < 4.78 is 18.0. The largest absolute Gasteiger partial charge is 0.388 e. The molecule has 4 aliphatic rings. The molecule has 1 saturated carbocycles. The summed E-state index contributed by atoms with van der Waals surface area (Å²) in [7, 11) is 0. The highest BCUT2D eigenvalue weighted by Crippen LogP contribution is 2.56. The van der Waals surface area contributed by atoms with Crippen molar-refractivity contribution in [3.8, 4) is 0 Å². The number of hydrogen-bond acceptors (Lipinski definition) is 4.